The Bertz CT molecular complexity index is 617. The minimum absolute atomic E-state index is 0.118. The number of nitrogens with zero attached hydrogens (tertiary/aromatic N) is 1. The Kier molecular flexibility index (Phi) is 5.26. The second-order valence-electron chi connectivity index (χ2n) is 6.96. The van der Waals surface area contributed by atoms with Crippen molar-refractivity contribution in [2.75, 3.05) is 13.1 Å². The second kappa shape index (κ2) is 6.87. The van der Waals surface area contributed by atoms with Crippen molar-refractivity contribution in [3.63, 3.8) is 0 Å². The van der Waals surface area contributed by atoms with Crippen LogP contribution in [0.1, 0.15) is 38.3 Å². The molecule has 1 aliphatic rings. The number of carbonyl (C=O) groups excluding carboxylic acids is 1. The van der Waals surface area contributed by atoms with E-state index in [1.165, 1.54) is 6.07 Å². The Balaban J connectivity index is 1.96. The van der Waals surface area contributed by atoms with Crippen molar-refractivity contribution in [1.29, 1.82) is 0 Å². The summed E-state index contributed by atoms with van der Waals surface area (Å²) in [5.74, 6) is 0.118. The van der Waals surface area contributed by atoms with Gasteiger partial charge >= 0.3 is 12.3 Å². The highest BCUT2D eigenvalue weighted by Gasteiger charge is 2.30. The van der Waals surface area contributed by atoms with Crippen LogP contribution < -0.4 is 0 Å². The number of hydrogen-bond donors (Lipinski definition) is 0. The van der Waals surface area contributed by atoms with E-state index in [1.54, 1.807) is 17.0 Å². The van der Waals surface area contributed by atoms with Gasteiger partial charge in [-0.25, -0.2) is 4.79 Å². The van der Waals surface area contributed by atoms with Crippen molar-refractivity contribution in [2.45, 2.75) is 39.0 Å². The summed E-state index contributed by atoms with van der Waals surface area (Å²) in [6, 6.07) is 5.20. The Morgan fingerprint density at radius 1 is 1.29 bits per heavy atom. The summed E-state index contributed by atoms with van der Waals surface area (Å²) in [6.07, 6.45) is -0.380. The zero-order valence-corrected chi connectivity index (χ0v) is 14.1. The number of amides is 1. The normalized spacial score (nSPS) is 19.1. The maximum absolute atomic E-state index is 12.7. The van der Waals surface area contributed by atoms with Gasteiger partial charge in [-0.05, 0) is 50.8 Å². The molecular formula is C18H22F3NO2. The molecule has 1 aliphatic heterocycles. The number of ether oxygens (including phenoxy) is 1. The fourth-order valence-electron chi connectivity index (χ4n) is 2.50. The molecule has 1 amide bonds. The van der Waals surface area contributed by atoms with Crippen LogP contribution in [0.4, 0.5) is 18.0 Å². The molecule has 0 aromatic heterocycles. The molecule has 0 saturated carbocycles. The summed E-state index contributed by atoms with van der Waals surface area (Å²) >= 11 is 0. The van der Waals surface area contributed by atoms with Gasteiger partial charge in [-0.2, -0.15) is 13.2 Å². The highest BCUT2D eigenvalue weighted by Crippen LogP contribution is 2.30. The number of benzene rings is 1. The smallest absolute Gasteiger partial charge is 0.416 e. The Morgan fingerprint density at radius 2 is 2.00 bits per heavy atom. The van der Waals surface area contributed by atoms with Crippen LogP contribution in [0.3, 0.4) is 0 Å². The first-order valence-corrected chi connectivity index (χ1v) is 7.88. The average molecular weight is 341 g/mol. The van der Waals surface area contributed by atoms with Gasteiger partial charge in [-0.15, -0.1) is 0 Å². The molecule has 24 heavy (non-hydrogen) atoms. The van der Waals surface area contributed by atoms with Crippen LogP contribution in [0.25, 0.3) is 6.08 Å². The zero-order valence-electron chi connectivity index (χ0n) is 14.1. The first-order valence-electron chi connectivity index (χ1n) is 7.88. The minimum atomic E-state index is -4.34. The Morgan fingerprint density at radius 3 is 2.62 bits per heavy atom. The number of hydrogen-bond acceptors (Lipinski definition) is 2. The van der Waals surface area contributed by atoms with Crippen LogP contribution in [0, 0.1) is 5.92 Å². The van der Waals surface area contributed by atoms with E-state index >= 15 is 0 Å². The van der Waals surface area contributed by atoms with Gasteiger partial charge in [0.05, 0.1) is 5.56 Å². The predicted molar refractivity (Wildman–Crippen MR) is 86.4 cm³/mol. The van der Waals surface area contributed by atoms with E-state index in [1.807, 2.05) is 26.8 Å². The molecule has 1 unspecified atom stereocenters. The van der Waals surface area contributed by atoms with E-state index in [0.717, 1.165) is 18.6 Å². The first-order chi connectivity index (χ1) is 11.0. The molecule has 132 valence electrons. The lowest BCUT2D eigenvalue weighted by atomic mass is 10.1. The van der Waals surface area contributed by atoms with Crippen LogP contribution in [-0.4, -0.2) is 29.7 Å². The maximum Gasteiger partial charge on any atom is 0.416 e. The van der Waals surface area contributed by atoms with Gasteiger partial charge in [0.2, 0.25) is 0 Å². The van der Waals surface area contributed by atoms with Crippen LogP contribution in [0.5, 0.6) is 0 Å². The van der Waals surface area contributed by atoms with Crippen LogP contribution in [0.2, 0.25) is 0 Å². The lowest BCUT2D eigenvalue weighted by Gasteiger charge is -2.24. The molecule has 0 N–H and O–H groups in total. The highest BCUT2D eigenvalue weighted by molar-refractivity contribution is 5.68. The molecule has 6 heteroatoms. The summed E-state index contributed by atoms with van der Waals surface area (Å²) in [6.45, 7) is 6.54. The minimum Gasteiger partial charge on any atom is -0.444 e. The van der Waals surface area contributed by atoms with Crippen molar-refractivity contribution < 1.29 is 22.7 Å². The average Bonchev–Trinajstić information content (AvgIpc) is 2.92. The molecule has 0 radical (unpaired) electrons. The number of carbonyl (C=O) groups is 1. The molecule has 0 aliphatic carbocycles. The van der Waals surface area contributed by atoms with Gasteiger partial charge in [0, 0.05) is 13.1 Å². The fourth-order valence-corrected chi connectivity index (χ4v) is 2.50. The van der Waals surface area contributed by atoms with E-state index in [9.17, 15) is 18.0 Å². The number of alkyl halides is 3. The number of likely N-dealkylation sites (tertiary alicyclic amines) is 1. The number of halogens is 3. The van der Waals surface area contributed by atoms with E-state index in [2.05, 4.69) is 0 Å². The highest BCUT2D eigenvalue weighted by atomic mass is 19.4. The van der Waals surface area contributed by atoms with Crippen molar-refractivity contribution >= 4 is 12.2 Å². The Labute approximate surface area is 140 Å². The number of rotatable bonds is 2. The van der Waals surface area contributed by atoms with Gasteiger partial charge in [0.15, 0.2) is 0 Å². The fraction of sp³-hybridized carbons (Fsp3) is 0.500. The predicted octanol–water partition coefficient (Wildman–Crippen LogP) is 4.98. The molecule has 1 atom stereocenters. The van der Waals surface area contributed by atoms with E-state index in [0.29, 0.717) is 18.7 Å². The van der Waals surface area contributed by atoms with E-state index < -0.39 is 17.3 Å². The first kappa shape index (κ1) is 18.4. The summed E-state index contributed by atoms with van der Waals surface area (Å²) in [4.78, 5) is 13.6. The van der Waals surface area contributed by atoms with Crippen molar-refractivity contribution in [3.05, 3.63) is 41.5 Å². The third-order valence-corrected chi connectivity index (χ3v) is 3.65. The largest absolute Gasteiger partial charge is 0.444 e. The molecular weight excluding hydrogens is 319 g/mol. The van der Waals surface area contributed by atoms with Crippen molar-refractivity contribution in [2.24, 2.45) is 5.92 Å². The van der Waals surface area contributed by atoms with Gasteiger partial charge in [0.25, 0.3) is 0 Å². The van der Waals surface area contributed by atoms with Gasteiger partial charge in [0.1, 0.15) is 5.60 Å². The molecule has 1 aromatic carbocycles. The lowest BCUT2D eigenvalue weighted by Crippen LogP contribution is -2.35. The SMILES string of the molecule is CC(C)(C)OC(=O)N1CCC(C=Cc2cccc(C(F)(F)F)c2)C1. The molecule has 1 fully saturated rings. The third-order valence-electron chi connectivity index (χ3n) is 3.65. The summed E-state index contributed by atoms with van der Waals surface area (Å²) < 4.78 is 43.4. The molecule has 0 bridgehead atoms. The zero-order chi connectivity index (χ0) is 18.0. The molecule has 1 heterocycles. The standard InChI is InChI=1S/C18H22F3NO2/c1-17(2,3)24-16(23)22-10-9-14(12-22)8-7-13-5-4-6-15(11-13)18(19,20)21/h4-8,11,14H,9-10,12H2,1-3H3. The maximum atomic E-state index is 12.7. The van der Waals surface area contributed by atoms with E-state index in [4.69, 9.17) is 4.74 Å². The van der Waals surface area contributed by atoms with Crippen LogP contribution >= 0.6 is 0 Å². The Hall–Kier alpha value is -1.98. The van der Waals surface area contributed by atoms with Crippen LogP contribution in [-0.2, 0) is 10.9 Å². The second-order valence-corrected chi connectivity index (χ2v) is 6.96. The van der Waals surface area contributed by atoms with Crippen molar-refractivity contribution in [3.8, 4) is 0 Å². The summed E-state index contributed by atoms with van der Waals surface area (Å²) in [7, 11) is 0. The molecule has 0 spiro atoms. The van der Waals surface area contributed by atoms with Gasteiger partial charge in [-0.3, -0.25) is 0 Å². The lowest BCUT2D eigenvalue weighted by molar-refractivity contribution is -0.137. The summed E-state index contributed by atoms with van der Waals surface area (Å²) in [5, 5.41) is 0. The van der Waals surface area contributed by atoms with Crippen molar-refractivity contribution in [1.82, 2.24) is 4.90 Å². The van der Waals surface area contributed by atoms with Gasteiger partial charge < -0.3 is 9.64 Å². The van der Waals surface area contributed by atoms with Gasteiger partial charge in [-0.1, -0.05) is 24.3 Å². The molecule has 2 rings (SSSR count). The topological polar surface area (TPSA) is 29.5 Å². The van der Waals surface area contributed by atoms with E-state index in [-0.39, 0.29) is 12.0 Å². The summed E-state index contributed by atoms with van der Waals surface area (Å²) in [5.41, 5.74) is -0.699. The molecule has 3 nitrogen and oxygen atoms in total. The molecule has 1 aromatic rings. The third kappa shape index (κ3) is 5.28. The monoisotopic (exact) mass is 341 g/mol. The van der Waals surface area contributed by atoms with Crippen LogP contribution in [0.15, 0.2) is 30.3 Å². The molecule has 1 saturated heterocycles. The quantitative estimate of drug-likeness (QED) is 0.759.